The molecule has 3 N–H and O–H groups in total. The van der Waals surface area contributed by atoms with Crippen LogP contribution in [-0.4, -0.2) is 54.2 Å². The van der Waals surface area contributed by atoms with E-state index in [1.165, 1.54) is 0 Å². The highest BCUT2D eigenvalue weighted by Gasteiger charge is 2.22. The first kappa shape index (κ1) is 22.2. The lowest BCUT2D eigenvalue weighted by atomic mass is 10.2. The average Bonchev–Trinajstić information content (AvgIpc) is 2.96. The topological polar surface area (TPSA) is 77.0 Å². The van der Waals surface area contributed by atoms with Crippen LogP contribution in [0.25, 0.3) is 0 Å². The van der Waals surface area contributed by atoms with Crippen LogP contribution in [-0.2, 0) is 4.79 Å². The van der Waals surface area contributed by atoms with Gasteiger partial charge in [0, 0.05) is 36.2 Å². The lowest BCUT2D eigenvalue weighted by Gasteiger charge is -2.20. The van der Waals surface area contributed by atoms with Crippen LogP contribution in [0.5, 0.6) is 0 Å². The van der Waals surface area contributed by atoms with Crippen molar-refractivity contribution in [3.8, 4) is 0 Å². The molecule has 25 heavy (non-hydrogen) atoms. The highest BCUT2D eigenvalue weighted by atomic mass is 127. The fourth-order valence-corrected chi connectivity index (χ4v) is 2.93. The largest absolute Gasteiger partial charge is 0.391 e. The summed E-state index contributed by atoms with van der Waals surface area (Å²) in [6.45, 7) is 6.52. The smallest absolute Gasteiger partial charge is 0.226 e. The van der Waals surface area contributed by atoms with E-state index in [0.29, 0.717) is 19.5 Å². The number of amides is 1. The van der Waals surface area contributed by atoms with E-state index in [4.69, 9.17) is 0 Å². The maximum absolute atomic E-state index is 12.1. The minimum absolute atomic E-state index is 0. The molecule has 0 spiro atoms. The molecular formula is C17H26BrIN4O2. The van der Waals surface area contributed by atoms with Gasteiger partial charge in [-0.2, -0.15) is 0 Å². The van der Waals surface area contributed by atoms with Crippen molar-refractivity contribution < 1.29 is 9.90 Å². The summed E-state index contributed by atoms with van der Waals surface area (Å²) in [5.41, 5.74) is 1.84. The predicted molar refractivity (Wildman–Crippen MR) is 116 cm³/mol. The molecule has 0 aliphatic carbocycles. The fraction of sp³-hybridized carbons (Fsp3) is 0.529. The van der Waals surface area contributed by atoms with Crippen molar-refractivity contribution in [2.45, 2.75) is 32.8 Å². The summed E-state index contributed by atoms with van der Waals surface area (Å²) < 4.78 is 0.934. The van der Waals surface area contributed by atoms with Crippen LogP contribution < -0.4 is 10.6 Å². The van der Waals surface area contributed by atoms with Gasteiger partial charge in [0.2, 0.25) is 5.91 Å². The van der Waals surface area contributed by atoms with Crippen LogP contribution in [0.3, 0.4) is 0 Å². The van der Waals surface area contributed by atoms with Gasteiger partial charge in [-0.05, 0) is 38.0 Å². The van der Waals surface area contributed by atoms with E-state index < -0.39 is 0 Å². The molecular weight excluding hydrogens is 499 g/mol. The number of halogens is 2. The number of aryl methyl sites for hydroxylation is 1. The van der Waals surface area contributed by atoms with Gasteiger partial charge in [-0.15, -0.1) is 24.0 Å². The molecule has 0 aromatic heterocycles. The summed E-state index contributed by atoms with van der Waals surface area (Å²) in [6, 6.07) is 5.80. The van der Waals surface area contributed by atoms with Gasteiger partial charge in [0.1, 0.15) is 0 Å². The van der Waals surface area contributed by atoms with Gasteiger partial charge in [-0.3, -0.25) is 9.79 Å². The third-order valence-corrected chi connectivity index (χ3v) is 4.37. The number of nitrogens with zero attached hydrogens (tertiary/aromatic N) is 2. The van der Waals surface area contributed by atoms with E-state index in [1.807, 2.05) is 36.9 Å². The molecule has 0 saturated carbocycles. The molecule has 1 aliphatic rings. The van der Waals surface area contributed by atoms with Crippen molar-refractivity contribution in [2.75, 3.05) is 31.5 Å². The Bertz CT molecular complexity index is 612. The Balaban J connectivity index is 0.00000312. The van der Waals surface area contributed by atoms with E-state index in [1.54, 1.807) is 0 Å². The number of carbonyl (C=O) groups excluding carboxylic acids is 1. The van der Waals surface area contributed by atoms with Crippen LogP contribution in [0, 0.1) is 6.92 Å². The first-order valence-corrected chi connectivity index (χ1v) is 9.06. The zero-order valence-electron chi connectivity index (χ0n) is 14.6. The zero-order chi connectivity index (χ0) is 17.5. The Hall–Kier alpha value is -0.870. The van der Waals surface area contributed by atoms with E-state index >= 15 is 0 Å². The van der Waals surface area contributed by atoms with E-state index in [0.717, 1.165) is 41.2 Å². The number of hydrogen-bond donors (Lipinski definition) is 3. The molecule has 0 radical (unpaired) electrons. The Morgan fingerprint density at radius 2 is 2.24 bits per heavy atom. The molecule has 1 atom stereocenters. The number of rotatable bonds is 5. The molecule has 1 aromatic rings. The zero-order valence-corrected chi connectivity index (χ0v) is 18.5. The second-order valence-corrected chi connectivity index (χ2v) is 6.80. The van der Waals surface area contributed by atoms with Gasteiger partial charge in [0.05, 0.1) is 12.6 Å². The van der Waals surface area contributed by atoms with Gasteiger partial charge >= 0.3 is 0 Å². The maximum atomic E-state index is 12.1. The van der Waals surface area contributed by atoms with Crippen LogP contribution in [0.2, 0.25) is 0 Å². The van der Waals surface area contributed by atoms with Crippen molar-refractivity contribution in [3.63, 3.8) is 0 Å². The molecule has 1 aliphatic heterocycles. The van der Waals surface area contributed by atoms with Crippen molar-refractivity contribution in [3.05, 3.63) is 28.2 Å². The molecule has 1 aromatic carbocycles. The molecule has 1 heterocycles. The molecule has 140 valence electrons. The second-order valence-electron chi connectivity index (χ2n) is 5.88. The molecule has 6 nitrogen and oxygen atoms in total. The SMILES string of the molecule is CCNC(=NCCC(=O)Nc1cc(Br)ccc1C)N1CC[C@@H](O)C1.I. The van der Waals surface area contributed by atoms with E-state index in [9.17, 15) is 9.90 Å². The predicted octanol–water partition coefficient (Wildman–Crippen LogP) is 2.74. The second kappa shape index (κ2) is 11.0. The molecule has 1 amide bonds. The normalized spacial score (nSPS) is 17.2. The number of guanidine groups is 1. The number of aliphatic hydroxyl groups is 1. The van der Waals surface area contributed by atoms with Crippen LogP contribution in [0.4, 0.5) is 5.69 Å². The van der Waals surface area contributed by atoms with Crippen molar-refractivity contribution in [1.82, 2.24) is 10.2 Å². The molecule has 2 rings (SSSR count). The summed E-state index contributed by atoms with van der Waals surface area (Å²) in [5, 5.41) is 15.8. The summed E-state index contributed by atoms with van der Waals surface area (Å²) >= 11 is 3.41. The Morgan fingerprint density at radius 1 is 1.48 bits per heavy atom. The number of anilines is 1. The highest BCUT2D eigenvalue weighted by Crippen LogP contribution is 2.20. The summed E-state index contributed by atoms with van der Waals surface area (Å²) in [5.74, 6) is 0.706. The van der Waals surface area contributed by atoms with Crippen molar-refractivity contribution in [1.29, 1.82) is 0 Å². The molecule has 8 heteroatoms. The summed E-state index contributed by atoms with van der Waals surface area (Å²) in [7, 11) is 0. The molecule has 1 saturated heterocycles. The minimum atomic E-state index is -0.295. The van der Waals surface area contributed by atoms with Crippen molar-refractivity contribution in [2.24, 2.45) is 4.99 Å². The monoisotopic (exact) mass is 524 g/mol. The highest BCUT2D eigenvalue weighted by molar-refractivity contribution is 14.0. The number of aliphatic hydroxyl groups excluding tert-OH is 1. The van der Waals surface area contributed by atoms with Gasteiger partial charge < -0.3 is 20.6 Å². The maximum Gasteiger partial charge on any atom is 0.226 e. The van der Waals surface area contributed by atoms with Crippen LogP contribution in [0.15, 0.2) is 27.7 Å². The number of aliphatic imine (C=N–C) groups is 1. The Kier molecular flexibility index (Phi) is 9.73. The first-order valence-electron chi connectivity index (χ1n) is 8.27. The lowest BCUT2D eigenvalue weighted by molar-refractivity contribution is -0.116. The van der Waals surface area contributed by atoms with E-state index in [-0.39, 0.29) is 36.0 Å². The Morgan fingerprint density at radius 3 is 2.88 bits per heavy atom. The van der Waals surface area contributed by atoms with Gasteiger partial charge in [0.15, 0.2) is 5.96 Å². The molecule has 0 unspecified atom stereocenters. The van der Waals surface area contributed by atoms with Gasteiger partial charge in [-0.1, -0.05) is 22.0 Å². The van der Waals surface area contributed by atoms with Crippen LogP contribution >= 0.6 is 39.9 Å². The fourth-order valence-electron chi connectivity index (χ4n) is 2.56. The van der Waals surface area contributed by atoms with Crippen LogP contribution in [0.1, 0.15) is 25.3 Å². The number of β-amino-alcohol motifs (C(OH)–C–C–N with tert-alkyl or cyclic N) is 1. The third kappa shape index (κ3) is 7.10. The van der Waals surface area contributed by atoms with E-state index in [2.05, 4.69) is 31.6 Å². The standard InChI is InChI=1S/C17H25BrN4O2.HI/c1-3-19-17(22-9-7-14(23)11-22)20-8-6-16(24)21-15-10-13(18)5-4-12(15)2;/h4-5,10,14,23H,3,6-9,11H2,1-2H3,(H,19,20)(H,21,24);1H/t14-;/m1./s1. The molecule has 0 bridgehead atoms. The first-order chi connectivity index (χ1) is 11.5. The lowest BCUT2D eigenvalue weighted by Crippen LogP contribution is -2.40. The van der Waals surface area contributed by atoms with Gasteiger partial charge in [0.25, 0.3) is 0 Å². The average molecular weight is 525 g/mol. The third-order valence-electron chi connectivity index (χ3n) is 3.87. The number of carbonyl (C=O) groups is 1. The molecule has 1 fully saturated rings. The minimum Gasteiger partial charge on any atom is -0.391 e. The quantitative estimate of drug-likeness (QED) is 0.314. The van der Waals surface area contributed by atoms with Crippen molar-refractivity contribution >= 4 is 57.5 Å². The Labute approximate surface area is 174 Å². The number of benzene rings is 1. The number of hydrogen-bond acceptors (Lipinski definition) is 3. The number of likely N-dealkylation sites (tertiary alicyclic amines) is 1. The van der Waals surface area contributed by atoms with Gasteiger partial charge in [-0.25, -0.2) is 0 Å². The summed E-state index contributed by atoms with van der Waals surface area (Å²) in [4.78, 5) is 18.7. The summed E-state index contributed by atoms with van der Waals surface area (Å²) in [6.07, 6.45) is 0.779. The number of nitrogens with one attached hydrogen (secondary N) is 2.